The molecule has 0 radical (unpaired) electrons. The van der Waals surface area contributed by atoms with Crippen LogP contribution in [0.2, 0.25) is 19.6 Å². The molecule has 0 aliphatic heterocycles. The fraction of sp³-hybridized carbons (Fsp3) is 0.500. The Morgan fingerprint density at radius 2 is 2.00 bits per heavy atom. The van der Waals surface area contributed by atoms with E-state index in [4.69, 9.17) is 0 Å². The molecule has 1 nitrogen and oxygen atoms in total. The largest absolute Gasteiger partial charge is 0.303 e. The number of benzene rings is 1. The molecular weight excluding hydrogens is 260 g/mol. The van der Waals surface area contributed by atoms with Gasteiger partial charge in [-0.25, -0.2) is 0 Å². The monoisotopic (exact) mass is 284 g/mol. The highest BCUT2D eigenvalue weighted by Gasteiger charge is 2.32. The van der Waals surface area contributed by atoms with Crippen LogP contribution in [0.5, 0.6) is 0 Å². The van der Waals surface area contributed by atoms with Gasteiger partial charge >= 0.3 is 0 Å². The normalized spacial score (nSPS) is 20.6. The van der Waals surface area contributed by atoms with Crippen LogP contribution in [0.25, 0.3) is 0 Å². The molecule has 0 heterocycles. The van der Waals surface area contributed by atoms with Gasteiger partial charge in [-0.1, -0.05) is 45.5 Å². The molecule has 1 aliphatic rings. The second-order valence-corrected chi connectivity index (χ2v) is 12.2. The van der Waals surface area contributed by atoms with Gasteiger partial charge in [0.25, 0.3) is 0 Å². The van der Waals surface area contributed by atoms with E-state index in [-0.39, 0.29) is 11.3 Å². The molecule has 2 rings (SSSR count). The Morgan fingerprint density at radius 3 is 2.60 bits per heavy atom. The van der Waals surface area contributed by atoms with Crippen molar-refractivity contribution in [3.8, 4) is 11.5 Å². The Kier molecular flexibility index (Phi) is 3.93. The lowest BCUT2D eigenvalue weighted by Crippen LogP contribution is -2.26. The van der Waals surface area contributed by atoms with Gasteiger partial charge in [0.1, 0.15) is 14.4 Å². The van der Waals surface area contributed by atoms with E-state index in [9.17, 15) is 4.79 Å². The SMILES string of the molecule is CC1(C)CCC(C=O)c2cc(C#C[Si](C)(C)C)ccc21. The third-order valence-electron chi connectivity index (χ3n) is 4.01. The lowest BCUT2D eigenvalue weighted by Gasteiger charge is -2.35. The Labute approximate surface area is 123 Å². The first-order valence-corrected chi connectivity index (χ1v) is 10.9. The quantitative estimate of drug-likeness (QED) is 0.427. The van der Waals surface area contributed by atoms with Crippen molar-refractivity contribution in [3.05, 3.63) is 34.9 Å². The molecule has 0 saturated heterocycles. The van der Waals surface area contributed by atoms with Crippen molar-refractivity contribution in [1.29, 1.82) is 0 Å². The van der Waals surface area contributed by atoms with Gasteiger partial charge in [0.2, 0.25) is 0 Å². The Balaban J connectivity index is 2.47. The Bertz CT molecular complexity index is 582. The van der Waals surface area contributed by atoms with Crippen molar-refractivity contribution in [2.45, 2.75) is 57.7 Å². The van der Waals surface area contributed by atoms with Gasteiger partial charge in [0, 0.05) is 11.5 Å². The minimum atomic E-state index is -1.36. The average molecular weight is 284 g/mol. The van der Waals surface area contributed by atoms with E-state index in [0.29, 0.717) is 0 Å². The number of fused-ring (bicyclic) bond motifs is 1. The first-order chi connectivity index (χ1) is 9.23. The maximum atomic E-state index is 11.3. The summed E-state index contributed by atoms with van der Waals surface area (Å²) in [6.07, 6.45) is 3.13. The maximum Gasteiger partial charge on any atom is 0.129 e. The highest BCUT2D eigenvalue weighted by atomic mass is 28.3. The van der Waals surface area contributed by atoms with Crippen LogP contribution in [0.3, 0.4) is 0 Å². The number of hydrogen-bond acceptors (Lipinski definition) is 1. The zero-order valence-corrected chi connectivity index (χ0v) is 14.2. The van der Waals surface area contributed by atoms with Gasteiger partial charge in [-0.15, -0.1) is 5.54 Å². The standard InChI is InChI=1S/C18H24OSi/c1-18(2)10-8-15(13-19)16-12-14(6-7-17(16)18)9-11-20(3,4)5/h6-7,12-13,15H,8,10H2,1-5H3. The fourth-order valence-corrected chi connectivity index (χ4v) is 3.29. The molecule has 0 N–H and O–H groups in total. The zero-order chi connectivity index (χ0) is 15.0. The average Bonchev–Trinajstić information content (AvgIpc) is 2.35. The van der Waals surface area contributed by atoms with Crippen molar-refractivity contribution in [2.75, 3.05) is 0 Å². The summed E-state index contributed by atoms with van der Waals surface area (Å²) < 4.78 is 0. The topological polar surface area (TPSA) is 17.1 Å². The van der Waals surface area contributed by atoms with Crippen LogP contribution in [-0.4, -0.2) is 14.4 Å². The molecule has 20 heavy (non-hydrogen) atoms. The van der Waals surface area contributed by atoms with Crippen LogP contribution in [0.4, 0.5) is 0 Å². The van der Waals surface area contributed by atoms with Crippen LogP contribution in [0.1, 0.15) is 49.3 Å². The highest BCUT2D eigenvalue weighted by molar-refractivity contribution is 6.83. The minimum Gasteiger partial charge on any atom is -0.303 e. The van der Waals surface area contributed by atoms with E-state index >= 15 is 0 Å². The summed E-state index contributed by atoms with van der Waals surface area (Å²) in [5, 5.41) is 0. The third kappa shape index (κ3) is 3.22. The molecule has 1 unspecified atom stereocenters. The molecular formula is C18H24OSi. The summed E-state index contributed by atoms with van der Waals surface area (Å²) in [4.78, 5) is 11.3. The summed E-state index contributed by atoms with van der Waals surface area (Å²) in [5.41, 5.74) is 7.13. The van der Waals surface area contributed by atoms with Crippen molar-refractivity contribution in [2.24, 2.45) is 0 Å². The smallest absolute Gasteiger partial charge is 0.129 e. The second-order valence-electron chi connectivity index (χ2n) is 7.47. The molecule has 1 aromatic rings. The lowest BCUT2D eigenvalue weighted by molar-refractivity contribution is -0.109. The van der Waals surface area contributed by atoms with E-state index in [1.165, 1.54) is 11.1 Å². The summed E-state index contributed by atoms with van der Waals surface area (Å²) in [7, 11) is -1.36. The molecule has 2 heteroatoms. The molecule has 1 atom stereocenters. The molecule has 1 aromatic carbocycles. The van der Waals surface area contributed by atoms with Crippen LogP contribution in [-0.2, 0) is 10.2 Å². The lowest BCUT2D eigenvalue weighted by atomic mass is 9.69. The summed E-state index contributed by atoms with van der Waals surface area (Å²) in [6, 6.07) is 6.43. The van der Waals surface area contributed by atoms with E-state index in [1.807, 2.05) is 0 Å². The first-order valence-electron chi connectivity index (χ1n) is 7.36. The van der Waals surface area contributed by atoms with E-state index in [0.717, 1.165) is 24.7 Å². The predicted octanol–water partition coefficient (Wildman–Crippen LogP) is 4.27. The van der Waals surface area contributed by atoms with Crippen molar-refractivity contribution in [3.63, 3.8) is 0 Å². The summed E-state index contributed by atoms with van der Waals surface area (Å²) >= 11 is 0. The Hall–Kier alpha value is -1.33. The molecule has 0 saturated carbocycles. The van der Waals surface area contributed by atoms with Gasteiger partial charge in [-0.3, -0.25) is 0 Å². The summed E-state index contributed by atoms with van der Waals surface area (Å²) in [6.45, 7) is 11.3. The highest BCUT2D eigenvalue weighted by Crippen LogP contribution is 2.41. The van der Waals surface area contributed by atoms with Gasteiger partial charge in [0.05, 0.1) is 0 Å². The van der Waals surface area contributed by atoms with Gasteiger partial charge in [-0.2, -0.15) is 0 Å². The second kappa shape index (κ2) is 5.22. The molecule has 0 amide bonds. The first kappa shape index (κ1) is 15.1. The van der Waals surface area contributed by atoms with Gasteiger partial charge < -0.3 is 4.79 Å². The van der Waals surface area contributed by atoms with E-state index in [1.54, 1.807) is 0 Å². The fourth-order valence-electron chi connectivity index (χ4n) is 2.77. The van der Waals surface area contributed by atoms with E-state index < -0.39 is 8.07 Å². The van der Waals surface area contributed by atoms with Crippen molar-refractivity contribution in [1.82, 2.24) is 0 Å². The van der Waals surface area contributed by atoms with Crippen LogP contribution in [0, 0.1) is 11.5 Å². The molecule has 0 fully saturated rings. The van der Waals surface area contributed by atoms with Crippen LogP contribution < -0.4 is 0 Å². The molecule has 106 valence electrons. The maximum absolute atomic E-state index is 11.3. The minimum absolute atomic E-state index is 0.0478. The number of carbonyl (C=O) groups excluding carboxylic acids is 1. The van der Waals surface area contributed by atoms with Gasteiger partial charge in [0.15, 0.2) is 0 Å². The van der Waals surface area contributed by atoms with E-state index in [2.05, 4.69) is 63.2 Å². The van der Waals surface area contributed by atoms with Crippen LogP contribution >= 0.6 is 0 Å². The third-order valence-corrected chi connectivity index (χ3v) is 4.88. The summed E-state index contributed by atoms with van der Waals surface area (Å²) in [5.74, 6) is 3.35. The van der Waals surface area contributed by atoms with Crippen molar-refractivity contribution < 1.29 is 4.79 Å². The Morgan fingerprint density at radius 1 is 1.30 bits per heavy atom. The number of hydrogen-bond donors (Lipinski definition) is 0. The number of rotatable bonds is 1. The molecule has 0 spiro atoms. The van der Waals surface area contributed by atoms with Crippen molar-refractivity contribution >= 4 is 14.4 Å². The molecule has 0 aromatic heterocycles. The predicted molar refractivity (Wildman–Crippen MR) is 87.7 cm³/mol. The number of aldehydes is 1. The molecule has 1 aliphatic carbocycles. The zero-order valence-electron chi connectivity index (χ0n) is 13.2. The van der Waals surface area contributed by atoms with Crippen LogP contribution in [0.15, 0.2) is 18.2 Å². The van der Waals surface area contributed by atoms with Gasteiger partial charge in [-0.05, 0) is 41.5 Å². The molecule has 0 bridgehead atoms. The number of carbonyl (C=O) groups is 1.